The minimum atomic E-state index is -4.38. The molecule has 2 aliphatic rings. The summed E-state index contributed by atoms with van der Waals surface area (Å²) < 4.78 is 40.6. The lowest BCUT2D eigenvalue weighted by molar-refractivity contribution is -0.159. The molecule has 1 heterocycles. The van der Waals surface area contributed by atoms with Gasteiger partial charge in [0, 0.05) is 28.0 Å². The molecule has 6 nitrogen and oxygen atoms in total. The smallest absolute Gasteiger partial charge is 0.351 e. The van der Waals surface area contributed by atoms with Crippen molar-refractivity contribution in [3.05, 3.63) is 102 Å². The zero-order valence-electron chi connectivity index (χ0n) is 24.1. The van der Waals surface area contributed by atoms with Gasteiger partial charge in [-0.3, -0.25) is 5.41 Å². The molecule has 0 radical (unpaired) electrons. The first-order valence-electron chi connectivity index (χ1n) is 14.5. The Balaban J connectivity index is 1.52. The zero-order chi connectivity index (χ0) is 32.3. The average molecular weight is 608 g/mol. The minimum absolute atomic E-state index is 0.126. The summed E-state index contributed by atoms with van der Waals surface area (Å²) in [5, 5.41) is 41.1. The van der Waals surface area contributed by atoms with Crippen molar-refractivity contribution < 1.29 is 13.2 Å². The Morgan fingerprint density at radius 3 is 2.13 bits per heavy atom. The van der Waals surface area contributed by atoms with Gasteiger partial charge in [-0.25, -0.2) is 4.98 Å². The van der Waals surface area contributed by atoms with E-state index < -0.39 is 12.1 Å². The predicted octanol–water partition coefficient (Wildman–Crippen LogP) is 8.15. The molecular weight excluding hydrogens is 585 g/mol. The number of hydrogen-bond donors (Lipinski definition) is 2. The van der Waals surface area contributed by atoms with Crippen LogP contribution in [0.15, 0.2) is 72.9 Å². The van der Waals surface area contributed by atoms with Gasteiger partial charge in [0.25, 0.3) is 0 Å². The molecule has 2 unspecified atom stereocenters. The second-order valence-corrected chi connectivity index (χ2v) is 11.5. The summed E-state index contributed by atoms with van der Waals surface area (Å²) in [4.78, 5) is 8.35. The number of aromatic amines is 1. The summed E-state index contributed by atoms with van der Waals surface area (Å²) in [6.45, 7) is 4.14. The molecule has 2 N–H and O–H groups in total. The molecule has 2 atom stereocenters. The molecule has 0 bridgehead atoms. The molecule has 220 valence electrons. The first-order chi connectivity index (χ1) is 22.1. The number of nitrogens with zero attached hydrogens (tertiary/aromatic N) is 4. The van der Waals surface area contributed by atoms with E-state index in [9.17, 15) is 29.0 Å². The van der Waals surface area contributed by atoms with Crippen LogP contribution in [0.5, 0.6) is 0 Å². The Morgan fingerprint density at radius 2 is 1.48 bits per heavy atom. The maximum atomic E-state index is 13.5. The Morgan fingerprint density at radius 1 is 0.826 bits per heavy atom. The SMILES string of the molecule is [CH2+]C1C=CC=C(c2ccc3c(c2)c(C(=N)C#N)c2nc4c([nH]c23)c(=C(C#N)C#N)c2cc(C3=CC=CC(C(F)(F)F)C3)ccc24)C1. The van der Waals surface area contributed by atoms with Gasteiger partial charge >= 0.3 is 6.18 Å². The third-order valence-electron chi connectivity index (χ3n) is 8.78. The normalized spacial score (nSPS) is 17.9. The second-order valence-electron chi connectivity index (χ2n) is 11.5. The Bertz CT molecular complexity index is 2470. The number of hydrogen-bond acceptors (Lipinski definition) is 5. The van der Waals surface area contributed by atoms with Crippen molar-refractivity contribution in [2.45, 2.75) is 19.0 Å². The molecular formula is C37H22F3N6+. The highest BCUT2D eigenvalue weighted by atomic mass is 19.4. The van der Waals surface area contributed by atoms with Gasteiger partial charge in [-0.05, 0) is 57.7 Å². The standard InChI is InChI=1S/C37H22F3N6/c1-19-4-2-5-20(12-19)22-8-11-27-29(15-22)32(30(44)18-43)36-34(27)45-35-31(24(16-41)17-42)28-14-23(9-10-26(28)33(35)46-36)21-6-3-7-25(13-21)37(38,39)40/h2-11,14-15,19,25,44-45H,1,12-13H2/q+1. The maximum absolute atomic E-state index is 13.5. The third-order valence-corrected chi connectivity index (χ3v) is 8.78. The summed E-state index contributed by atoms with van der Waals surface area (Å²) in [6, 6.07) is 16.8. The van der Waals surface area contributed by atoms with Gasteiger partial charge in [0.1, 0.15) is 35.4 Å². The molecule has 0 saturated heterocycles. The number of allylic oxidation sites excluding steroid dienone is 8. The van der Waals surface area contributed by atoms with E-state index in [0.29, 0.717) is 65.5 Å². The fourth-order valence-electron chi connectivity index (χ4n) is 6.59. The molecule has 0 spiro atoms. The van der Waals surface area contributed by atoms with E-state index in [4.69, 9.17) is 10.4 Å². The number of nitrogens with one attached hydrogen (secondary N) is 2. The van der Waals surface area contributed by atoms with E-state index in [0.717, 1.165) is 23.6 Å². The number of H-pyrrole nitrogens is 1. The van der Waals surface area contributed by atoms with Crippen LogP contribution >= 0.6 is 0 Å². The Labute approximate surface area is 260 Å². The molecule has 46 heavy (non-hydrogen) atoms. The number of alkyl halides is 3. The lowest BCUT2D eigenvalue weighted by Gasteiger charge is -2.21. The number of halogens is 3. The van der Waals surface area contributed by atoms with Crippen LogP contribution in [-0.2, 0) is 0 Å². The van der Waals surface area contributed by atoms with Crippen molar-refractivity contribution in [1.82, 2.24) is 9.97 Å². The Hall–Kier alpha value is -6.11. The molecule has 9 heteroatoms. The van der Waals surface area contributed by atoms with Crippen LogP contribution in [0.3, 0.4) is 0 Å². The highest BCUT2D eigenvalue weighted by Crippen LogP contribution is 2.40. The van der Waals surface area contributed by atoms with E-state index in [1.807, 2.05) is 54.6 Å². The first-order valence-corrected chi connectivity index (χ1v) is 14.5. The predicted molar refractivity (Wildman–Crippen MR) is 173 cm³/mol. The van der Waals surface area contributed by atoms with Crippen molar-refractivity contribution in [1.29, 1.82) is 21.2 Å². The molecule has 0 amide bonds. The van der Waals surface area contributed by atoms with Crippen LogP contribution < -0.4 is 5.22 Å². The monoisotopic (exact) mass is 607 g/mol. The summed E-state index contributed by atoms with van der Waals surface area (Å²) in [5.41, 5.74) is 4.72. The van der Waals surface area contributed by atoms with E-state index >= 15 is 0 Å². The number of benzene rings is 2. The first kappa shape index (κ1) is 28.6. The topological polar surface area (TPSA) is 124 Å². The number of rotatable bonds is 3. The molecule has 1 aromatic heterocycles. The molecule has 0 aliphatic heterocycles. The average Bonchev–Trinajstić information content (AvgIpc) is 3.55. The largest absolute Gasteiger partial charge is 0.395 e. The van der Waals surface area contributed by atoms with E-state index in [-0.39, 0.29) is 23.6 Å². The Kier molecular flexibility index (Phi) is 6.54. The fraction of sp³-hybridized carbons (Fsp3) is 0.135. The highest BCUT2D eigenvalue weighted by molar-refractivity contribution is 6.30. The summed E-state index contributed by atoms with van der Waals surface area (Å²) >= 11 is 0. The molecule has 2 aliphatic carbocycles. The van der Waals surface area contributed by atoms with Crippen molar-refractivity contribution in [2.24, 2.45) is 11.8 Å². The van der Waals surface area contributed by atoms with E-state index in [1.54, 1.807) is 24.3 Å². The molecule has 7 rings (SSSR count). The fourth-order valence-corrected chi connectivity index (χ4v) is 6.59. The van der Waals surface area contributed by atoms with Crippen LogP contribution in [0.25, 0.3) is 60.3 Å². The van der Waals surface area contributed by atoms with Gasteiger partial charge in [-0.1, -0.05) is 54.6 Å². The highest BCUT2D eigenvalue weighted by Gasteiger charge is 2.39. The lowest BCUT2D eigenvalue weighted by atomic mass is 9.89. The molecule has 5 aromatic rings. The minimum Gasteiger partial charge on any atom is -0.351 e. The zero-order valence-corrected chi connectivity index (χ0v) is 24.1. The number of aromatic nitrogens is 2. The van der Waals surface area contributed by atoms with Crippen LogP contribution in [-0.4, -0.2) is 21.9 Å². The van der Waals surface area contributed by atoms with Crippen LogP contribution in [0.2, 0.25) is 0 Å². The van der Waals surface area contributed by atoms with Crippen molar-refractivity contribution >= 4 is 66.0 Å². The molecule has 4 aromatic carbocycles. The van der Waals surface area contributed by atoms with Crippen molar-refractivity contribution in [3.8, 4) is 18.2 Å². The van der Waals surface area contributed by atoms with Gasteiger partial charge < -0.3 is 4.98 Å². The summed E-state index contributed by atoms with van der Waals surface area (Å²) in [5.74, 6) is -1.49. The van der Waals surface area contributed by atoms with Crippen LogP contribution in [0, 0.1) is 58.2 Å². The summed E-state index contributed by atoms with van der Waals surface area (Å²) in [7, 11) is 0. The van der Waals surface area contributed by atoms with E-state index in [1.165, 1.54) is 6.08 Å². The number of fused-ring (bicyclic) bond motifs is 6. The van der Waals surface area contributed by atoms with Crippen molar-refractivity contribution in [2.75, 3.05) is 0 Å². The van der Waals surface area contributed by atoms with Gasteiger partial charge in [0.05, 0.1) is 34.9 Å². The van der Waals surface area contributed by atoms with Gasteiger partial charge in [-0.2, -0.15) is 29.0 Å². The molecule has 0 fully saturated rings. The maximum Gasteiger partial charge on any atom is 0.395 e. The third kappa shape index (κ3) is 4.43. The van der Waals surface area contributed by atoms with Gasteiger partial charge in [0.2, 0.25) is 0 Å². The van der Waals surface area contributed by atoms with Gasteiger partial charge in [-0.15, -0.1) is 0 Å². The second kappa shape index (κ2) is 10.5. The van der Waals surface area contributed by atoms with Crippen LogP contribution in [0.1, 0.15) is 29.5 Å². The van der Waals surface area contributed by atoms with Crippen LogP contribution in [0.4, 0.5) is 13.2 Å². The molecule has 0 saturated carbocycles. The van der Waals surface area contributed by atoms with Crippen molar-refractivity contribution in [3.63, 3.8) is 0 Å². The number of nitriles is 3. The van der Waals surface area contributed by atoms with Gasteiger partial charge in [0.15, 0.2) is 0 Å². The lowest BCUT2D eigenvalue weighted by Crippen LogP contribution is -2.22. The quantitative estimate of drug-likeness (QED) is 0.159. The van der Waals surface area contributed by atoms with E-state index in [2.05, 4.69) is 11.9 Å². The summed E-state index contributed by atoms with van der Waals surface area (Å²) in [6.07, 6.45) is 6.32.